The molecule has 2 bridgehead atoms. The van der Waals surface area contributed by atoms with Crippen molar-refractivity contribution in [2.24, 2.45) is 23.7 Å². The third kappa shape index (κ3) is 1.65. The van der Waals surface area contributed by atoms with Crippen molar-refractivity contribution >= 4 is 23.6 Å². The van der Waals surface area contributed by atoms with Crippen LogP contribution in [0.15, 0.2) is 12.2 Å². The Morgan fingerprint density at radius 1 is 0.905 bits per heavy atom. The number of rotatable bonds is 1. The lowest BCUT2D eigenvalue weighted by atomic mass is 9.63. The first kappa shape index (κ1) is 12.7. The summed E-state index contributed by atoms with van der Waals surface area (Å²) in [5.41, 5.74) is 0. The van der Waals surface area contributed by atoms with Gasteiger partial charge in [-0.15, -0.1) is 0 Å². The van der Waals surface area contributed by atoms with Crippen molar-refractivity contribution in [3.8, 4) is 0 Å². The molecule has 0 aromatic carbocycles. The number of nitrogens with one attached hydrogen (secondary N) is 1. The maximum absolute atomic E-state index is 12.7. The van der Waals surface area contributed by atoms with Gasteiger partial charge in [-0.25, -0.2) is 0 Å². The van der Waals surface area contributed by atoms with E-state index in [0.717, 1.165) is 17.7 Å². The zero-order valence-electron chi connectivity index (χ0n) is 11.5. The summed E-state index contributed by atoms with van der Waals surface area (Å²) in [5.74, 6) is -1.67. The minimum atomic E-state index is -0.812. The summed E-state index contributed by atoms with van der Waals surface area (Å²) in [6.07, 6.45) is 6.39. The molecule has 1 N–H and O–H groups in total. The Bertz CT molecular complexity index is 564. The maximum Gasteiger partial charge on any atom is 0.249 e. The SMILES string of the molecule is O=C1CCC(N2C(=O)C3C4C=CC(CC4)C3C2=O)C(=O)N1. The normalized spacial score (nSPS) is 41.5. The van der Waals surface area contributed by atoms with E-state index in [1.807, 2.05) is 0 Å². The molecule has 0 radical (unpaired) electrons. The number of carbonyl (C=O) groups excluding carboxylic acids is 4. The summed E-state index contributed by atoms with van der Waals surface area (Å²) in [6.45, 7) is 0. The Hall–Kier alpha value is -1.98. The Morgan fingerprint density at radius 2 is 1.48 bits per heavy atom. The van der Waals surface area contributed by atoms with E-state index in [1.165, 1.54) is 0 Å². The van der Waals surface area contributed by atoms with Gasteiger partial charge in [0, 0.05) is 6.42 Å². The summed E-state index contributed by atoms with van der Waals surface area (Å²) in [6, 6.07) is -0.812. The fraction of sp³-hybridized carbons (Fsp3) is 0.600. The van der Waals surface area contributed by atoms with Crippen molar-refractivity contribution < 1.29 is 19.2 Å². The second-order valence-corrected chi connectivity index (χ2v) is 6.35. The van der Waals surface area contributed by atoms with Crippen LogP contribution < -0.4 is 5.32 Å². The van der Waals surface area contributed by atoms with Gasteiger partial charge in [0.05, 0.1) is 11.8 Å². The highest BCUT2D eigenvalue weighted by atomic mass is 16.2. The van der Waals surface area contributed by atoms with E-state index in [4.69, 9.17) is 0 Å². The fourth-order valence-electron chi connectivity index (χ4n) is 4.33. The van der Waals surface area contributed by atoms with Gasteiger partial charge in [-0.3, -0.25) is 29.4 Å². The van der Waals surface area contributed by atoms with Gasteiger partial charge in [0.15, 0.2) is 0 Å². The molecule has 0 aromatic rings. The molecule has 2 heterocycles. The molecule has 5 atom stereocenters. The number of fused-ring (bicyclic) bond motifs is 1. The Labute approximate surface area is 121 Å². The molecule has 3 aliphatic carbocycles. The Morgan fingerprint density at radius 3 is 1.95 bits per heavy atom. The van der Waals surface area contributed by atoms with Crippen molar-refractivity contribution in [3.05, 3.63) is 12.2 Å². The molecule has 1 saturated carbocycles. The van der Waals surface area contributed by atoms with Crippen LogP contribution in [0.5, 0.6) is 0 Å². The molecule has 6 heteroatoms. The maximum atomic E-state index is 12.7. The quantitative estimate of drug-likeness (QED) is 0.543. The number of amides is 4. The standard InChI is InChI=1S/C15H16N2O4/c18-10-6-5-9(13(19)16-10)17-14(20)11-7-1-2-8(4-3-7)12(11)15(17)21/h1-2,7-9,11-12H,3-6H2,(H,16,18,19). The van der Waals surface area contributed by atoms with Gasteiger partial charge >= 0.3 is 0 Å². The summed E-state index contributed by atoms with van der Waals surface area (Å²) < 4.78 is 0. The Balaban J connectivity index is 1.66. The van der Waals surface area contributed by atoms with E-state index < -0.39 is 11.9 Å². The number of imide groups is 2. The number of carbonyl (C=O) groups is 4. The molecule has 0 aromatic heterocycles. The second-order valence-electron chi connectivity index (χ2n) is 6.35. The molecular formula is C15H16N2O4. The van der Waals surface area contributed by atoms with Crippen molar-refractivity contribution in [1.82, 2.24) is 10.2 Å². The first-order chi connectivity index (χ1) is 10.1. The van der Waals surface area contributed by atoms with Gasteiger partial charge in [-0.2, -0.15) is 0 Å². The molecule has 3 fully saturated rings. The molecule has 2 aliphatic heterocycles. The second kappa shape index (κ2) is 4.26. The van der Waals surface area contributed by atoms with Crippen LogP contribution in [0.3, 0.4) is 0 Å². The van der Waals surface area contributed by atoms with E-state index >= 15 is 0 Å². The minimum absolute atomic E-state index is 0.120. The number of likely N-dealkylation sites (tertiary alicyclic amines) is 1. The van der Waals surface area contributed by atoms with Crippen LogP contribution in [0.2, 0.25) is 0 Å². The molecule has 2 saturated heterocycles. The summed E-state index contributed by atoms with van der Waals surface area (Å²) in [7, 11) is 0. The zero-order valence-corrected chi connectivity index (χ0v) is 11.5. The van der Waals surface area contributed by atoms with Crippen LogP contribution in [-0.4, -0.2) is 34.6 Å². The molecule has 5 unspecified atom stereocenters. The predicted octanol–water partition coefficient (Wildman–Crippen LogP) is -0.0112. The van der Waals surface area contributed by atoms with E-state index in [-0.39, 0.29) is 54.2 Å². The average Bonchev–Trinajstić information content (AvgIpc) is 2.75. The molecule has 6 nitrogen and oxygen atoms in total. The first-order valence-electron chi connectivity index (χ1n) is 7.47. The van der Waals surface area contributed by atoms with Gasteiger partial charge < -0.3 is 0 Å². The Kier molecular flexibility index (Phi) is 2.58. The number of nitrogens with zero attached hydrogens (tertiary/aromatic N) is 1. The highest BCUT2D eigenvalue weighted by Crippen LogP contribution is 2.50. The number of piperidine rings is 1. The highest BCUT2D eigenvalue weighted by molar-refractivity contribution is 6.11. The molecule has 110 valence electrons. The van der Waals surface area contributed by atoms with Crippen molar-refractivity contribution in [1.29, 1.82) is 0 Å². The molecule has 5 aliphatic rings. The fourth-order valence-corrected chi connectivity index (χ4v) is 4.33. The van der Waals surface area contributed by atoms with Crippen LogP contribution in [0.25, 0.3) is 0 Å². The molecule has 21 heavy (non-hydrogen) atoms. The van der Waals surface area contributed by atoms with Crippen molar-refractivity contribution in [2.45, 2.75) is 31.7 Å². The molecule has 0 spiro atoms. The average molecular weight is 288 g/mol. The van der Waals surface area contributed by atoms with Gasteiger partial charge in [0.25, 0.3) is 0 Å². The van der Waals surface area contributed by atoms with Gasteiger partial charge in [0.2, 0.25) is 23.6 Å². The summed E-state index contributed by atoms with van der Waals surface area (Å²) in [5, 5.41) is 2.23. The van der Waals surface area contributed by atoms with E-state index in [1.54, 1.807) is 0 Å². The smallest absolute Gasteiger partial charge is 0.249 e. The van der Waals surface area contributed by atoms with Crippen LogP contribution in [0, 0.1) is 23.7 Å². The van der Waals surface area contributed by atoms with Gasteiger partial charge in [-0.05, 0) is 31.1 Å². The van der Waals surface area contributed by atoms with Crippen LogP contribution >= 0.6 is 0 Å². The number of allylic oxidation sites excluding steroid dienone is 2. The van der Waals surface area contributed by atoms with E-state index in [0.29, 0.717) is 0 Å². The van der Waals surface area contributed by atoms with Gasteiger partial charge in [0.1, 0.15) is 6.04 Å². The molecule has 5 rings (SSSR count). The van der Waals surface area contributed by atoms with Crippen LogP contribution in [0.1, 0.15) is 25.7 Å². The minimum Gasteiger partial charge on any atom is -0.295 e. The zero-order chi connectivity index (χ0) is 14.7. The lowest BCUT2D eigenvalue weighted by Crippen LogP contribution is -2.54. The number of hydrogen-bond donors (Lipinski definition) is 1. The predicted molar refractivity (Wildman–Crippen MR) is 70.4 cm³/mol. The number of hydrogen-bond acceptors (Lipinski definition) is 4. The van der Waals surface area contributed by atoms with Crippen LogP contribution in [0.4, 0.5) is 0 Å². The van der Waals surface area contributed by atoms with Crippen molar-refractivity contribution in [3.63, 3.8) is 0 Å². The highest BCUT2D eigenvalue weighted by Gasteiger charge is 2.58. The van der Waals surface area contributed by atoms with E-state index in [9.17, 15) is 19.2 Å². The molecule has 4 amide bonds. The third-order valence-corrected chi connectivity index (χ3v) is 5.32. The van der Waals surface area contributed by atoms with E-state index in [2.05, 4.69) is 17.5 Å². The monoisotopic (exact) mass is 288 g/mol. The molecular weight excluding hydrogens is 272 g/mol. The first-order valence-corrected chi connectivity index (χ1v) is 7.47. The third-order valence-electron chi connectivity index (χ3n) is 5.32. The van der Waals surface area contributed by atoms with Crippen molar-refractivity contribution in [2.75, 3.05) is 0 Å². The lowest BCUT2D eigenvalue weighted by Gasteiger charge is -2.38. The van der Waals surface area contributed by atoms with Gasteiger partial charge in [-0.1, -0.05) is 12.2 Å². The summed E-state index contributed by atoms with van der Waals surface area (Å²) in [4.78, 5) is 49.7. The summed E-state index contributed by atoms with van der Waals surface area (Å²) >= 11 is 0. The topological polar surface area (TPSA) is 83.6 Å². The largest absolute Gasteiger partial charge is 0.295 e. The van der Waals surface area contributed by atoms with Crippen LogP contribution in [-0.2, 0) is 19.2 Å². The lowest BCUT2D eigenvalue weighted by molar-refractivity contribution is -0.151.